The standard InChI is InChI=1S/C40H51BrN4O8/c1-6-10-16-31(47)42-30(25-51-5)34(26-14-12-11-13-15-26)52-39(50)32-33-37(48)45(22-23-46)36(40(33)24-29(41)35(32)53-40)38(49)44(21-7-2)28-19-17-27(18-20-28)43(8-3)9-4/h6-7,11-15,17-20,29-30,32-36,46H,1-2,8-10,16,21-25H2,3-5H3,(H,42,47)/t29?,30-,32+,33-,34-,35+,36+,40-/m1/s1. The Balaban J connectivity index is 1.49. The van der Waals surface area contributed by atoms with Crippen LogP contribution < -0.4 is 15.1 Å². The average molecular weight is 796 g/mol. The number of methoxy groups -OCH3 is 1. The van der Waals surface area contributed by atoms with Crippen molar-refractivity contribution < 1.29 is 38.5 Å². The predicted molar refractivity (Wildman–Crippen MR) is 206 cm³/mol. The van der Waals surface area contributed by atoms with Crippen molar-refractivity contribution >= 4 is 51.0 Å². The molecule has 12 nitrogen and oxygen atoms in total. The highest BCUT2D eigenvalue weighted by molar-refractivity contribution is 9.09. The maximum Gasteiger partial charge on any atom is 0.313 e. The van der Waals surface area contributed by atoms with E-state index in [1.54, 1.807) is 41.3 Å². The molecule has 53 heavy (non-hydrogen) atoms. The molecule has 2 bridgehead atoms. The third-order valence-electron chi connectivity index (χ3n) is 10.5. The molecule has 0 aromatic heterocycles. The molecule has 0 saturated carbocycles. The summed E-state index contributed by atoms with van der Waals surface area (Å²) in [5.41, 5.74) is 0.881. The number of β-amino-alcohol motifs (C(OH)–C–C–N with tert-alkyl or cyclic N) is 1. The maximum atomic E-state index is 14.8. The quantitative estimate of drug-likeness (QED) is 0.122. The summed E-state index contributed by atoms with van der Waals surface area (Å²) in [7, 11) is 1.49. The normalized spacial score (nSPS) is 25.3. The summed E-state index contributed by atoms with van der Waals surface area (Å²) >= 11 is 3.72. The number of benzene rings is 2. The number of allylic oxidation sites excluding steroid dienone is 1. The van der Waals surface area contributed by atoms with E-state index in [0.29, 0.717) is 17.7 Å². The van der Waals surface area contributed by atoms with E-state index in [9.17, 15) is 24.3 Å². The summed E-state index contributed by atoms with van der Waals surface area (Å²) in [6.45, 7) is 13.1. The number of aliphatic hydroxyl groups excluding tert-OH is 1. The monoisotopic (exact) mass is 794 g/mol. The second-order valence-electron chi connectivity index (χ2n) is 13.6. The Bertz CT molecular complexity index is 1620. The van der Waals surface area contributed by atoms with Crippen LogP contribution in [0.15, 0.2) is 79.9 Å². The van der Waals surface area contributed by atoms with Gasteiger partial charge in [-0.25, -0.2) is 0 Å². The molecule has 3 aliphatic rings. The molecule has 0 radical (unpaired) electrons. The number of alkyl halides is 1. The van der Waals surface area contributed by atoms with Gasteiger partial charge in [-0.3, -0.25) is 19.2 Å². The molecule has 3 heterocycles. The number of rotatable bonds is 19. The van der Waals surface area contributed by atoms with Crippen molar-refractivity contribution in [2.45, 2.75) is 67.8 Å². The first-order valence-corrected chi connectivity index (χ1v) is 19.2. The fraction of sp³-hybridized carbons (Fsp3) is 0.500. The lowest BCUT2D eigenvalue weighted by atomic mass is 9.70. The van der Waals surface area contributed by atoms with E-state index in [0.717, 1.165) is 18.8 Å². The van der Waals surface area contributed by atoms with Crippen LogP contribution in [0, 0.1) is 11.8 Å². The number of anilines is 2. The Morgan fingerprint density at radius 1 is 1.09 bits per heavy atom. The minimum Gasteiger partial charge on any atom is -0.455 e. The second kappa shape index (κ2) is 17.9. The van der Waals surface area contributed by atoms with Crippen LogP contribution in [-0.4, -0.2) is 109 Å². The lowest BCUT2D eigenvalue weighted by Gasteiger charge is -2.37. The molecule has 286 valence electrons. The van der Waals surface area contributed by atoms with Crippen molar-refractivity contribution in [1.82, 2.24) is 10.2 Å². The molecule has 3 amide bonds. The molecule has 3 saturated heterocycles. The summed E-state index contributed by atoms with van der Waals surface area (Å²) < 4.78 is 18.5. The number of esters is 1. The number of nitrogens with zero attached hydrogens (tertiary/aromatic N) is 3. The molecule has 2 N–H and O–H groups in total. The van der Waals surface area contributed by atoms with E-state index in [1.165, 1.54) is 12.0 Å². The van der Waals surface area contributed by atoms with Gasteiger partial charge in [-0.05, 0) is 56.5 Å². The number of ether oxygens (including phenoxy) is 3. The van der Waals surface area contributed by atoms with E-state index >= 15 is 0 Å². The van der Waals surface area contributed by atoms with Gasteiger partial charge in [-0.15, -0.1) is 13.2 Å². The molecule has 3 fully saturated rings. The van der Waals surface area contributed by atoms with Gasteiger partial charge >= 0.3 is 5.97 Å². The number of halogens is 1. The average Bonchev–Trinajstić information content (AvgIpc) is 3.76. The Kier molecular flexibility index (Phi) is 13.5. The van der Waals surface area contributed by atoms with Crippen molar-refractivity contribution in [1.29, 1.82) is 0 Å². The van der Waals surface area contributed by atoms with Crippen molar-refractivity contribution in [3.63, 3.8) is 0 Å². The van der Waals surface area contributed by atoms with E-state index in [1.807, 2.05) is 30.3 Å². The highest BCUT2D eigenvalue weighted by Gasteiger charge is 2.77. The lowest BCUT2D eigenvalue weighted by Crippen LogP contribution is -2.57. The second-order valence-corrected chi connectivity index (χ2v) is 14.7. The molecule has 1 spiro atoms. The number of amides is 3. The van der Waals surface area contributed by atoms with Crippen molar-refractivity contribution in [3.05, 3.63) is 85.5 Å². The zero-order valence-corrected chi connectivity index (χ0v) is 32.3. The third-order valence-corrected chi connectivity index (χ3v) is 11.4. The van der Waals surface area contributed by atoms with Crippen LogP contribution in [0.5, 0.6) is 0 Å². The molecular formula is C40H51BrN4O8. The highest BCUT2D eigenvalue weighted by Crippen LogP contribution is 2.60. The van der Waals surface area contributed by atoms with Gasteiger partial charge in [0.2, 0.25) is 11.8 Å². The molecular weight excluding hydrogens is 744 g/mol. The van der Waals surface area contributed by atoms with Crippen LogP contribution in [0.2, 0.25) is 0 Å². The summed E-state index contributed by atoms with van der Waals surface area (Å²) in [5.74, 6) is -3.94. The van der Waals surface area contributed by atoms with Crippen molar-refractivity contribution in [2.75, 3.05) is 56.3 Å². The number of fused-ring (bicyclic) bond motifs is 1. The number of carbonyl (C=O) groups excluding carboxylic acids is 4. The third kappa shape index (κ3) is 7.94. The maximum absolute atomic E-state index is 14.8. The largest absolute Gasteiger partial charge is 0.455 e. The van der Waals surface area contributed by atoms with Crippen LogP contribution in [-0.2, 0) is 33.4 Å². The zero-order chi connectivity index (χ0) is 38.3. The minimum absolute atomic E-state index is 0.0422. The number of likely N-dealkylation sites (tertiary alicyclic amines) is 1. The Labute approximate surface area is 320 Å². The van der Waals surface area contributed by atoms with Crippen LogP contribution in [0.3, 0.4) is 0 Å². The van der Waals surface area contributed by atoms with Gasteiger partial charge in [0.25, 0.3) is 5.91 Å². The molecule has 5 rings (SSSR count). The SMILES string of the molecule is C=CCCC(=O)N[C@H](COC)[C@H](OC(=O)[C@@H]1[C@H]2O[C@@]3(CC2Br)[C@H](C(=O)N(CC=C)c2ccc(N(CC)CC)cc2)N(CCO)C(=O)[C@@H]13)c1ccccc1. The number of carbonyl (C=O) groups is 4. The highest BCUT2D eigenvalue weighted by atomic mass is 79.9. The molecule has 2 aromatic rings. The van der Waals surface area contributed by atoms with E-state index in [2.05, 4.69) is 53.2 Å². The van der Waals surface area contributed by atoms with E-state index in [-0.39, 0.29) is 43.3 Å². The van der Waals surface area contributed by atoms with Gasteiger partial charge in [0, 0.05) is 55.9 Å². The first-order chi connectivity index (χ1) is 25.6. The van der Waals surface area contributed by atoms with Gasteiger partial charge in [0.1, 0.15) is 17.7 Å². The Morgan fingerprint density at radius 3 is 2.38 bits per heavy atom. The summed E-state index contributed by atoms with van der Waals surface area (Å²) in [4.78, 5) is 61.5. The predicted octanol–water partition coefficient (Wildman–Crippen LogP) is 4.17. The van der Waals surface area contributed by atoms with Gasteiger partial charge in [-0.2, -0.15) is 0 Å². The molecule has 13 heteroatoms. The summed E-state index contributed by atoms with van der Waals surface area (Å²) in [6.07, 6.45) is 2.48. The number of nitrogens with one attached hydrogen (secondary N) is 1. The smallest absolute Gasteiger partial charge is 0.313 e. The molecule has 2 aromatic carbocycles. The Hall–Kier alpha value is -4.04. The van der Waals surface area contributed by atoms with Gasteiger partial charge in [-0.1, -0.05) is 58.4 Å². The van der Waals surface area contributed by atoms with Crippen LogP contribution in [0.1, 0.15) is 44.8 Å². The Morgan fingerprint density at radius 2 is 1.77 bits per heavy atom. The van der Waals surface area contributed by atoms with Gasteiger partial charge < -0.3 is 39.3 Å². The number of aliphatic hydroxyl groups is 1. The minimum atomic E-state index is -1.38. The summed E-state index contributed by atoms with van der Waals surface area (Å²) in [5, 5.41) is 13.1. The number of hydrogen-bond donors (Lipinski definition) is 2. The van der Waals surface area contributed by atoms with Crippen LogP contribution in [0.25, 0.3) is 0 Å². The van der Waals surface area contributed by atoms with E-state index in [4.69, 9.17) is 14.2 Å². The summed E-state index contributed by atoms with van der Waals surface area (Å²) in [6, 6.07) is 14.8. The molecule has 8 atom stereocenters. The van der Waals surface area contributed by atoms with Crippen LogP contribution >= 0.6 is 15.9 Å². The first kappa shape index (κ1) is 40.2. The van der Waals surface area contributed by atoms with Crippen molar-refractivity contribution in [3.8, 4) is 0 Å². The van der Waals surface area contributed by atoms with Gasteiger partial charge in [0.15, 0.2) is 0 Å². The molecule has 3 aliphatic heterocycles. The first-order valence-electron chi connectivity index (χ1n) is 18.3. The topological polar surface area (TPSA) is 138 Å². The molecule has 0 aliphatic carbocycles. The van der Waals surface area contributed by atoms with Gasteiger partial charge in [0.05, 0.1) is 37.2 Å². The van der Waals surface area contributed by atoms with Crippen LogP contribution in [0.4, 0.5) is 11.4 Å². The fourth-order valence-electron chi connectivity index (χ4n) is 8.18. The zero-order valence-electron chi connectivity index (χ0n) is 30.7. The fourth-order valence-corrected chi connectivity index (χ4v) is 9.13. The lowest BCUT2D eigenvalue weighted by molar-refractivity contribution is -0.163. The van der Waals surface area contributed by atoms with Crippen molar-refractivity contribution in [2.24, 2.45) is 11.8 Å². The molecule has 1 unspecified atom stereocenters. The number of hydrogen-bond acceptors (Lipinski definition) is 9. The van der Waals surface area contributed by atoms with E-state index < -0.39 is 66.1 Å².